The minimum atomic E-state index is 0.192. The zero-order valence-corrected chi connectivity index (χ0v) is 15.5. The number of nitrogens with zero attached hydrogens (tertiary/aromatic N) is 2. The lowest BCUT2D eigenvalue weighted by atomic mass is 9.94. The van der Waals surface area contributed by atoms with E-state index in [2.05, 4.69) is 34.6 Å². The van der Waals surface area contributed by atoms with E-state index in [1.54, 1.807) is 17.4 Å². The molecule has 0 amide bonds. The van der Waals surface area contributed by atoms with E-state index in [9.17, 15) is 5.11 Å². The van der Waals surface area contributed by atoms with Crippen molar-refractivity contribution in [3.05, 3.63) is 77.6 Å². The lowest BCUT2D eigenvalue weighted by Gasteiger charge is -2.18. The molecule has 0 radical (unpaired) electrons. The van der Waals surface area contributed by atoms with Gasteiger partial charge in [-0.2, -0.15) is 0 Å². The van der Waals surface area contributed by atoms with E-state index >= 15 is 0 Å². The maximum absolute atomic E-state index is 9.84. The summed E-state index contributed by atoms with van der Waals surface area (Å²) in [6.45, 7) is 0.961. The van der Waals surface area contributed by atoms with Gasteiger partial charge in [0.05, 0.1) is 15.2 Å². The van der Waals surface area contributed by atoms with Gasteiger partial charge in [0.1, 0.15) is 5.75 Å². The quantitative estimate of drug-likeness (QED) is 0.537. The molecule has 0 saturated carbocycles. The predicted octanol–water partition coefficient (Wildman–Crippen LogP) is 4.88. The number of nitrogens with one attached hydrogen (secondary N) is 1. The molecule has 5 heteroatoms. The first-order valence-corrected chi connectivity index (χ1v) is 9.93. The molecule has 0 bridgehead atoms. The minimum absolute atomic E-state index is 0.192. The van der Waals surface area contributed by atoms with Crippen molar-refractivity contribution in [1.82, 2.24) is 15.3 Å². The SMILES string of the molecule is Oc1cccc(C2NCCC2c2nc3ccc(-c4ccncc4)cc3s2)c1. The maximum atomic E-state index is 9.84. The third-order valence-electron chi connectivity index (χ3n) is 5.19. The Kier molecular flexibility index (Phi) is 4.11. The Morgan fingerprint density at radius 1 is 1.00 bits per heavy atom. The number of aromatic hydroxyl groups is 1. The van der Waals surface area contributed by atoms with E-state index in [4.69, 9.17) is 4.98 Å². The van der Waals surface area contributed by atoms with E-state index in [0.717, 1.165) is 29.1 Å². The smallest absolute Gasteiger partial charge is 0.115 e. The fourth-order valence-electron chi connectivity index (χ4n) is 3.86. The number of hydrogen-bond donors (Lipinski definition) is 2. The molecule has 1 fully saturated rings. The second-order valence-electron chi connectivity index (χ2n) is 6.89. The molecule has 2 atom stereocenters. The van der Waals surface area contributed by atoms with E-state index in [1.807, 2.05) is 36.7 Å². The summed E-state index contributed by atoms with van der Waals surface area (Å²) in [5.41, 5.74) is 4.53. The topological polar surface area (TPSA) is 58.0 Å². The van der Waals surface area contributed by atoms with Crippen LogP contribution in [0.5, 0.6) is 5.75 Å². The second kappa shape index (κ2) is 6.76. The van der Waals surface area contributed by atoms with Crippen LogP contribution < -0.4 is 5.32 Å². The molecule has 4 nitrogen and oxygen atoms in total. The van der Waals surface area contributed by atoms with Crippen molar-refractivity contribution in [2.24, 2.45) is 0 Å². The van der Waals surface area contributed by atoms with Crippen molar-refractivity contribution in [2.45, 2.75) is 18.4 Å². The molecule has 1 aliphatic heterocycles. The fraction of sp³-hybridized carbons (Fsp3) is 0.182. The zero-order valence-electron chi connectivity index (χ0n) is 14.7. The van der Waals surface area contributed by atoms with Crippen LogP contribution in [0.2, 0.25) is 0 Å². The Morgan fingerprint density at radius 2 is 1.89 bits per heavy atom. The maximum Gasteiger partial charge on any atom is 0.115 e. The Balaban J connectivity index is 1.51. The van der Waals surface area contributed by atoms with Gasteiger partial charge in [-0.1, -0.05) is 18.2 Å². The van der Waals surface area contributed by atoms with Crippen molar-refractivity contribution < 1.29 is 5.11 Å². The van der Waals surface area contributed by atoms with Crippen LogP contribution in [0.15, 0.2) is 67.0 Å². The molecular formula is C22H19N3OS. The molecule has 1 aliphatic rings. The molecule has 0 aliphatic carbocycles. The summed E-state index contributed by atoms with van der Waals surface area (Å²) in [6, 6.07) is 18.2. The highest BCUT2D eigenvalue weighted by atomic mass is 32.1. The average Bonchev–Trinajstić information content (AvgIpc) is 3.35. The van der Waals surface area contributed by atoms with Gasteiger partial charge in [0.15, 0.2) is 0 Å². The van der Waals surface area contributed by atoms with Gasteiger partial charge in [-0.3, -0.25) is 4.98 Å². The Labute approximate surface area is 161 Å². The summed E-state index contributed by atoms with van der Waals surface area (Å²) in [5, 5.41) is 14.6. The third-order valence-corrected chi connectivity index (χ3v) is 6.34. The van der Waals surface area contributed by atoms with Gasteiger partial charge in [-0.25, -0.2) is 4.98 Å². The molecule has 2 aromatic carbocycles. The average molecular weight is 373 g/mol. The highest BCUT2D eigenvalue weighted by Gasteiger charge is 2.32. The van der Waals surface area contributed by atoms with Gasteiger partial charge in [0.2, 0.25) is 0 Å². The summed E-state index contributed by atoms with van der Waals surface area (Å²) >= 11 is 1.78. The Hall–Kier alpha value is -2.76. The van der Waals surface area contributed by atoms with Crippen LogP contribution >= 0.6 is 11.3 Å². The van der Waals surface area contributed by atoms with Crippen LogP contribution in [-0.2, 0) is 0 Å². The second-order valence-corrected chi connectivity index (χ2v) is 7.95. The van der Waals surface area contributed by atoms with Crippen molar-refractivity contribution in [3.63, 3.8) is 0 Å². The van der Waals surface area contributed by atoms with E-state index < -0.39 is 0 Å². The van der Waals surface area contributed by atoms with Crippen LogP contribution in [0.25, 0.3) is 21.3 Å². The molecule has 2 N–H and O–H groups in total. The molecule has 134 valence electrons. The standard InChI is InChI=1S/C22H19N3OS/c26-17-3-1-2-16(12-17)21-18(8-11-24-21)22-25-19-5-4-15(13-20(19)27-22)14-6-9-23-10-7-14/h1-7,9-10,12-13,18,21,24,26H,8,11H2. The summed E-state index contributed by atoms with van der Waals surface area (Å²) in [5.74, 6) is 0.639. The third kappa shape index (κ3) is 3.09. The van der Waals surface area contributed by atoms with Gasteiger partial charge in [-0.05, 0) is 66.1 Å². The van der Waals surface area contributed by atoms with Crippen molar-refractivity contribution in [2.75, 3.05) is 6.54 Å². The number of hydrogen-bond acceptors (Lipinski definition) is 5. The highest BCUT2D eigenvalue weighted by Crippen LogP contribution is 2.41. The summed E-state index contributed by atoms with van der Waals surface area (Å²) in [4.78, 5) is 9.03. The van der Waals surface area contributed by atoms with E-state index in [1.165, 1.54) is 15.8 Å². The number of benzene rings is 2. The zero-order chi connectivity index (χ0) is 18.2. The molecule has 2 unspecified atom stereocenters. The first-order chi connectivity index (χ1) is 13.3. The normalized spacial score (nSPS) is 19.6. The molecular weight excluding hydrogens is 354 g/mol. The van der Waals surface area contributed by atoms with E-state index in [-0.39, 0.29) is 6.04 Å². The van der Waals surface area contributed by atoms with Gasteiger partial charge in [0, 0.05) is 24.4 Å². The monoisotopic (exact) mass is 373 g/mol. The molecule has 3 heterocycles. The van der Waals surface area contributed by atoms with Gasteiger partial charge < -0.3 is 10.4 Å². The fourth-order valence-corrected chi connectivity index (χ4v) is 5.04. The molecule has 27 heavy (non-hydrogen) atoms. The molecule has 5 rings (SSSR count). The van der Waals surface area contributed by atoms with Gasteiger partial charge in [-0.15, -0.1) is 11.3 Å². The number of phenols is 1. The minimum Gasteiger partial charge on any atom is -0.508 e. The largest absolute Gasteiger partial charge is 0.508 e. The predicted molar refractivity (Wildman–Crippen MR) is 109 cm³/mol. The van der Waals surface area contributed by atoms with Crippen LogP contribution in [0.4, 0.5) is 0 Å². The lowest BCUT2D eigenvalue weighted by molar-refractivity contribution is 0.472. The summed E-state index contributed by atoms with van der Waals surface area (Å²) < 4.78 is 1.21. The number of rotatable bonds is 3. The van der Waals surface area contributed by atoms with Crippen LogP contribution in [0.3, 0.4) is 0 Å². The molecule has 0 spiro atoms. The number of phenolic OH excluding ortho intramolecular Hbond substituents is 1. The number of fused-ring (bicyclic) bond motifs is 1. The molecule has 2 aromatic heterocycles. The van der Waals surface area contributed by atoms with Crippen molar-refractivity contribution in [3.8, 4) is 16.9 Å². The Bertz CT molecular complexity index is 1090. The van der Waals surface area contributed by atoms with E-state index in [0.29, 0.717) is 11.7 Å². The van der Waals surface area contributed by atoms with Gasteiger partial charge >= 0.3 is 0 Å². The summed E-state index contributed by atoms with van der Waals surface area (Å²) in [6.07, 6.45) is 4.70. The van der Waals surface area contributed by atoms with Crippen LogP contribution in [0.1, 0.15) is 29.0 Å². The number of aromatic nitrogens is 2. The molecule has 1 saturated heterocycles. The van der Waals surface area contributed by atoms with Crippen molar-refractivity contribution >= 4 is 21.6 Å². The Morgan fingerprint density at radius 3 is 2.74 bits per heavy atom. The summed E-state index contributed by atoms with van der Waals surface area (Å²) in [7, 11) is 0. The molecule has 4 aromatic rings. The number of thiazole rings is 1. The first-order valence-electron chi connectivity index (χ1n) is 9.11. The van der Waals surface area contributed by atoms with Crippen LogP contribution in [0, 0.1) is 0 Å². The first kappa shape index (κ1) is 16.4. The number of pyridine rings is 1. The van der Waals surface area contributed by atoms with Gasteiger partial charge in [0.25, 0.3) is 0 Å². The van der Waals surface area contributed by atoms with Crippen LogP contribution in [-0.4, -0.2) is 21.6 Å². The van der Waals surface area contributed by atoms with Crippen molar-refractivity contribution in [1.29, 1.82) is 0 Å². The lowest BCUT2D eigenvalue weighted by Crippen LogP contribution is -2.16. The highest BCUT2D eigenvalue weighted by molar-refractivity contribution is 7.18.